The highest BCUT2D eigenvalue weighted by Crippen LogP contribution is 2.37. The second-order valence-electron chi connectivity index (χ2n) is 6.88. The summed E-state index contributed by atoms with van der Waals surface area (Å²) in [6, 6.07) is 0. The third-order valence-electron chi connectivity index (χ3n) is 5.22. The van der Waals surface area contributed by atoms with E-state index in [2.05, 4.69) is 0 Å². The van der Waals surface area contributed by atoms with E-state index in [4.69, 9.17) is 5.73 Å². The van der Waals surface area contributed by atoms with Crippen LogP contribution in [0.5, 0.6) is 0 Å². The van der Waals surface area contributed by atoms with E-state index in [1.54, 1.807) is 4.90 Å². The molecule has 1 aliphatic carbocycles. The van der Waals surface area contributed by atoms with Gasteiger partial charge in [-0.25, -0.2) is 0 Å². The van der Waals surface area contributed by atoms with Gasteiger partial charge in [-0.15, -0.1) is 0 Å². The van der Waals surface area contributed by atoms with Gasteiger partial charge in [-0.3, -0.25) is 9.59 Å². The Hall–Kier alpha value is -1.10. The Morgan fingerprint density at radius 3 is 2.38 bits per heavy atom. The summed E-state index contributed by atoms with van der Waals surface area (Å²) in [6.07, 6.45) is 7.47. The normalized spacial score (nSPS) is 29.1. The van der Waals surface area contributed by atoms with Gasteiger partial charge in [0.1, 0.15) is 0 Å². The van der Waals surface area contributed by atoms with Gasteiger partial charge in [0.25, 0.3) is 0 Å². The van der Waals surface area contributed by atoms with Gasteiger partial charge >= 0.3 is 5.97 Å². The SMILES string of the molecule is CCCC1(C(=O)O)CCCN(C(=O)C2(N)CCCCC2)C1. The maximum absolute atomic E-state index is 12.8. The minimum absolute atomic E-state index is 0.0244. The van der Waals surface area contributed by atoms with Crippen molar-refractivity contribution in [2.45, 2.75) is 70.3 Å². The first kappa shape index (κ1) is 16.3. The van der Waals surface area contributed by atoms with E-state index in [0.29, 0.717) is 25.9 Å². The predicted octanol–water partition coefficient (Wildman–Crippen LogP) is 2.14. The van der Waals surface area contributed by atoms with Crippen LogP contribution < -0.4 is 5.73 Å². The van der Waals surface area contributed by atoms with Gasteiger partial charge in [-0.05, 0) is 32.1 Å². The zero-order valence-electron chi connectivity index (χ0n) is 13.1. The summed E-state index contributed by atoms with van der Waals surface area (Å²) < 4.78 is 0. The molecule has 21 heavy (non-hydrogen) atoms. The van der Waals surface area contributed by atoms with E-state index in [0.717, 1.165) is 44.9 Å². The molecule has 5 nitrogen and oxygen atoms in total. The lowest BCUT2D eigenvalue weighted by Crippen LogP contribution is -2.60. The van der Waals surface area contributed by atoms with Crippen LogP contribution in [0.15, 0.2) is 0 Å². The molecule has 5 heteroatoms. The zero-order valence-corrected chi connectivity index (χ0v) is 13.1. The second kappa shape index (κ2) is 6.34. The van der Waals surface area contributed by atoms with E-state index in [1.807, 2.05) is 6.92 Å². The topological polar surface area (TPSA) is 83.6 Å². The molecule has 0 bridgehead atoms. The number of nitrogens with zero attached hydrogens (tertiary/aromatic N) is 1. The van der Waals surface area contributed by atoms with Crippen LogP contribution in [0.1, 0.15) is 64.7 Å². The second-order valence-corrected chi connectivity index (χ2v) is 6.88. The lowest BCUT2D eigenvalue weighted by atomic mass is 9.75. The summed E-state index contributed by atoms with van der Waals surface area (Å²) in [5.41, 5.74) is 4.81. The third kappa shape index (κ3) is 3.23. The van der Waals surface area contributed by atoms with Gasteiger partial charge < -0.3 is 15.7 Å². The van der Waals surface area contributed by atoms with Crippen LogP contribution >= 0.6 is 0 Å². The van der Waals surface area contributed by atoms with Crippen LogP contribution in [0.3, 0.4) is 0 Å². The number of aliphatic carboxylic acids is 1. The van der Waals surface area contributed by atoms with Crippen molar-refractivity contribution in [1.29, 1.82) is 0 Å². The summed E-state index contributed by atoms with van der Waals surface area (Å²) in [7, 11) is 0. The Labute approximate surface area is 126 Å². The number of piperidine rings is 1. The third-order valence-corrected chi connectivity index (χ3v) is 5.22. The number of carbonyl (C=O) groups is 2. The van der Waals surface area contributed by atoms with Crippen molar-refractivity contribution in [1.82, 2.24) is 4.90 Å². The van der Waals surface area contributed by atoms with E-state index in [9.17, 15) is 14.7 Å². The van der Waals surface area contributed by atoms with Crippen LogP contribution in [0.2, 0.25) is 0 Å². The molecule has 2 aliphatic rings. The molecule has 1 saturated heterocycles. The number of carbonyl (C=O) groups excluding carboxylic acids is 1. The van der Waals surface area contributed by atoms with Crippen molar-refractivity contribution in [2.75, 3.05) is 13.1 Å². The number of rotatable bonds is 4. The summed E-state index contributed by atoms with van der Waals surface area (Å²) in [4.78, 5) is 26.3. The van der Waals surface area contributed by atoms with Gasteiger partial charge in [-0.1, -0.05) is 32.6 Å². The highest BCUT2D eigenvalue weighted by molar-refractivity contribution is 5.87. The van der Waals surface area contributed by atoms with Crippen molar-refractivity contribution in [3.05, 3.63) is 0 Å². The quantitative estimate of drug-likeness (QED) is 0.832. The Kier molecular flexibility index (Phi) is 4.91. The maximum Gasteiger partial charge on any atom is 0.311 e. The number of carboxylic acids is 1. The molecule has 3 N–H and O–H groups in total. The number of amides is 1. The lowest BCUT2D eigenvalue weighted by molar-refractivity contribution is -0.157. The highest BCUT2D eigenvalue weighted by atomic mass is 16.4. The smallest absolute Gasteiger partial charge is 0.311 e. The lowest BCUT2D eigenvalue weighted by Gasteiger charge is -2.44. The molecule has 2 fully saturated rings. The summed E-state index contributed by atoms with van der Waals surface area (Å²) in [5, 5.41) is 9.62. The van der Waals surface area contributed by atoms with Crippen molar-refractivity contribution in [3.63, 3.8) is 0 Å². The number of hydrogen-bond acceptors (Lipinski definition) is 3. The average molecular weight is 296 g/mol. The molecule has 1 heterocycles. The van der Waals surface area contributed by atoms with Gasteiger partial charge in [0.15, 0.2) is 0 Å². The molecule has 2 rings (SSSR count). The fourth-order valence-corrected chi connectivity index (χ4v) is 3.98. The van der Waals surface area contributed by atoms with Crippen LogP contribution in [0.4, 0.5) is 0 Å². The molecular weight excluding hydrogens is 268 g/mol. The summed E-state index contributed by atoms with van der Waals surface area (Å²) >= 11 is 0. The van der Waals surface area contributed by atoms with Gasteiger partial charge in [-0.2, -0.15) is 0 Å². The first-order valence-corrected chi connectivity index (χ1v) is 8.25. The van der Waals surface area contributed by atoms with Crippen LogP contribution in [0, 0.1) is 5.41 Å². The molecule has 0 aromatic heterocycles. The van der Waals surface area contributed by atoms with Crippen molar-refractivity contribution >= 4 is 11.9 Å². The molecule has 1 unspecified atom stereocenters. The molecule has 1 saturated carbocycles. The molecule has 120 valence electrons. The maximum atomic E-state index is 12.8. The number of likely N-dealkylation sites (tertiary alicyclic amines) is 1. The predicted molar refractivity (Wildman–Crippen MR) is 80.8 cm³/mol. The Balaban J connectivity index is 2.12. The number of nitrogens with two attached hydrogens (primary N) is 1. The molecular formula is C16H28N2O3. The minimum Gasteiger partial charge on any atom is -0.481 e. The Morgan fingerprint density at radius 2 is 1.81 bits per heavy atom. The van der Waals surface area contributed by atoms with Gasteiger partial charge in [0, 0.05) is 13.1 Å². The van der Waals surface area contributed by atoms with E-state index >= 15 is 0 Å². The van der Waals surface area contributed by atoms with Crippen LogP contribution in [-0.2, 0) is 9.59 Å². The number of carboxylic acid groups (broad SMARTS) is 1. The largest absolute Gasteiger partial charge is 0.481 e. The monoisotopic (exact) mass is 296 g/mol. The molecule has 0 aromatic carbocycles. The first-order chi connectivity index (χ1) is 9.93. The molecule has 0 aromatic rings. The van der Waals surface area contributed by atoms with Crippen molar-refractivity contribution < 1.29 is 14.7 Å². The standard InChI is InChI=1S/C16H28N2O3/c1-2-7-15(14(20)21)8-6-11-18(12-15)13(19)16(17)9-4-3-5-10-16/h2-12,17H2,1H3,(H,20,21). The fourth-order valence-electron chi connectivity index (χ4n) is 3.98. The van der Waals surface area contributed by atoms with Crippen molar-refractivity contribution in [3.8, 4) is 0 Å². The van der Waals surface area contributed by atoms with E-state index < -0.39 is 16.9 Å². The average Bonchev–Trinajstić information content (AvgIpc) is 2.47. The van der Waals surface area contributed by atoms with E-state index in [-0.39, 0.29) is 5.91 Å². The highest BCUT2D eigenvalue weighted by Gasteiger charge is 2.46. The van der Waals surface area contributed by atoms with Gasteiger partial charge in [0.2, 0.25) is 5.91 Å². The molecule has 1 aliphatic heterocycles. The molecule has 1 atom stereocenters. The fraction of sp³-hybridized carbons (Fsp3) is 0.875. The molecule has 0 spiro atoms. The summed E-state index contributed by atoms with van der Waals surface area (Å²) in [5.74, 6) is -0.791. The first-order valence-electron chi connectivity index (χ1n) is 8.25. The summed E-state index contributed by atoms with van der Waals surface area (Å²) in [6.45, 7) is 2.97. The van der Waals surface area contributed by atoms with Gasteiger partial charge in [0.05, 0.1) is 11.0 Å². The molecule has 1 amide bonds. The number of hydrogen-bond donors (Lipinski definition) is 2. The van der Waals surface area contributed by atoms with Crippen molar-refractivity contribution in [2.24, 2.45) is 11.1 Å². The minimum atomic E-state index is -0.770. The van der Waals surface area contributed by atoms with Crippen LogP contribution in [-0.4, -0.2) is 40.5 Å². The zero-order chi connectivity index (χ0) is 15.5. The molecule has 0 radical (unpaired) electrons. The Bertz CT molecular complexity index is 400. The van der Waals surface area contributed by atoms with E-state index in [1.165, 1.54) is 0 Å². The van der Waals surface area contributed by atoms with Crippen LogP contribution in [0.25, 0.3) is 0 Å². The Morgan fingerprint density at radius 1 is 1.14 bits per heavy atom.